The minimum absolute atomic E-state index is 0.0970. The lowest BCUT2D eigenvalue weighted by Crippen LogP contribution is -2.34. The van der Waals surface area contributed by atoms with Gasteiger partial charge in [-0.15, -0.1) is 0 Å². The van der Waals surface area contributed by atoms with Crippen molar-refractivity contribution in [2.24, 2.45) is 11.8 Å². The van der Waals surface area contributed by atoms with Crippen LogP contribution >= 0.6 is 0 Å². The standard InChI is InChI=1S/C16H20F3NO/c1-10-6-7-11(2)14(8-10)20-15(21)12-4-3-5-13(9-12)16(17,18)19/h6-8,12-13H,3-5,9H2,1-2H3,(H,20,21). The van der Waals surface area contributed by atoms with Crippen molar-refractivity contribution in [1.82, 2.24) is 0 Å². The smallest absolute Gasteiger partial charge is 0.326 e. The second-order valence-corrected chi connectivity index (χ2v) is 5.91. The zero-order valence-electron chi connectivity index (χ0n) is 12.3. The van der Waals surface area contributed by atoms with E-state index >= 15 is 0 Å². The van der Waals surface area contributed by atoms with Gasteiger partial charge >= 0.3 is 6.18 Å². The van der Waals surface area contributed by atoms with Crippen LogP contribution in [0.15, 0.2) is 18.2 Å². The summed E-state index contributed by atoms with van der Waals surface area (Å²) >= 11 is 0. The molecule has 0 spiro atoms. The van der Waals surface area contributed by atoms with Crippen LogP contribution in [-0.2, 0) is 4.79 Å². The Bertz CT molecular complexity index is 525. The fraction of sp³-hybridized carbons (Fsp3) is 0.562. The number of benzene rings is 1. The Morgan fingerprint density at radius 1 is 1.24 bits per heavy atom. The van der Waals surface area contributed by atoms with E-state index in [-0.39, 0.29) is 18.7 Å². The van der Waals surface area contributed by atoms with E-state index in [2.05, 4.69) is 5.32 Å². The van der Waals surface area contributed by atoms with Crippen molar-refractivity contribution in [2.45, 2.75) is 45.7 Å². The van der Waals surface area contributed by atoms with Gasteiger partial charge in [0.25, 0.3) is 0 Å². The van der Waals surface area contributed by atoms with Gasteiger partial charge in [0.05, 0.1) is 5.92 Å². The van der Waals surface area contributed by atoms with E-state index in [1.54, 1.807) is 0 Å². The van der Waals surface area contributed by atoms with Gasteiger partial charge in [-0.25, -0.2) is 0 Å². The summed E-state index contributed by atoms with van der Waals surface area (Å²) in [7, 11) is 0. The molecular weight excluding hydrogens is 279 g/mol. The molecule has 5 heteroatoms. The summed E-state index contributed by atoms with van der Waals surface area (Å²) in [6.45, 7) is 3.78. The van der Waals surface area contributed by atoms with Gasteiger partial charge in [-0.3, -0.25) is 4.79 Å². The lowest BCUT2D eigenvalue weighted by molar-refractivity contribution is -0.185. The Morgan fingerprint density at radius 2 is 1.95 bits per heavy atom. The number of carbonyl (C=O) groups is 1. The monoisotopic (exact) mass is 299 g/mol. The Balaban J connectivity index is 2.04. The van der Waals surface area contributed by atoms with Crippen LogP contribution in [0.5, 0.6) is 0 Å². The quantitative estimate of drug-likeness (QED) is 0.849. The lowest BCUT2D eigenvalue weighted by atomic mass is 9.80. The number of hydrogen-bond acceptors (Lipinski definition) is 1. The van der Waals surface area contributed by atoms with E-state index in [1.807, 2.05) is 32.0 Å². The summed E-state index contributed by atoms with van der Waals surface area (Å²) in [6.07, 6.45) is -3.17. The van der Waals surface area contributed by atoms with Gasteiger partial charge in [0.1, 0.15) is 0 Å². The van der Waals surface area contributed by atoms with Crippen LogP contribution in [0.1, 0.15) is 36.8 Å². The number of nitrogens with one attached hydrogen (secondary N) is 1. The number of halogens is 3. The molecular formula is C16H20F3NO. The van der Waals surface area contributed by atoms with Gasteiger partial charge in [0.15, 0.2) is 0 Å². The van der Waals surface area contributed by atoms with Crippen LogP contribution in [0.4, 0.5) is 18.9 Å². The van der Waals surface area contributed by atoms with Crippen molar-refractivity contribution >= 4 is 11.6 Å². The van der Waals surface area contributed by atoms with E-state index in [0.29, 0.717) is 18.5 Å². The normalized spacial score (nSPS) is 22.9. The molecule has 2 unspecified atom stereocenters. The Hall–Kier alpha value is -1.52. The van der Waals surface area contributed by atoms with Crippen molar-refractivity contribution in [1.29, 1.82) is 0 Å². The molecule has 1 aromatic rings. The van der Waals surface area contributed by atoms with Gasteiger partial charge in [-0.2, -0.15) is 13.2 Å². The Morgan fingerprint density at radius 3 is 2.62 bits per heavy atom. The van der Waals surface area contributed by atoms with Crippen LogP contribution in [0.3, 0.4) is 0 Å². The molecule has 0 saturated heterocycles. The van der Waals surface area contributed by atoms with Crippen LogP contribution in [0, 0.1) is 25.7 Å². The molecule has 2 rings (SSSR count). The van der Waals surface area contributed by atoms with E-state index < -0.39 is 18.0 Å². The Labute approximate surface area is 122 Å². The lowest BCUT2D eigenvalue weighted by Gasteiger charge is -2.29. The second-order valence-electron chi connectivity index (χ2n) is 5.91. The molecule has 1 fully saturated rings. The number of rotatable bonds is 2. The van der Waals surface area contributed by atoms with Gasteiger partial charge in [-0.05, 0) is 50.3 Å². The van der Waals surface area contributed by atoms with Crippen molar-refractivity contribution in [3.05, 3.63) is 29.3 Å². The summed E-state index contributed by atoms with van der Waals surface area (Å²) in [5.74, 6) is -2.19. The minimum Gasteiger partial charge on any atom is -0.326 e. The molecule has 21 heavy (non-hydrogen) atoms. The van der Waals surface area contributed by atoms with Crippen LogP contribution in [0.2, 0.25) is 0 Å². The van der Waals surface area contributed by atoms with E-state index in [1.165, 1.54) is 0 Å². The van der Waals surface area contributed by atoms with Crippen molar-refractivity contribution in [3.8, 4) is 0 Å². The molecule has 1 amide bonds. The summed E-state index contributed by atoms with van der Waals surface area (Å²) in [5.41, 5.74) is 2.61. The number of carbonyl (C=O) groups excluding carboxylic acids is 1. The molecule has 0 aromatic heterocycles. The third-order valence-electron chi connectivity index (χ3n) is 4.16. The third-order valence-corrected chi connectivity index (χ3v) is 4.16. The predicted molar refractivity (Wildman–Crippen MR) is 76.0 cm³/mol. The minimum atomic E-state index is -4.20. The molecule has 0 bridgehead atoms. The average molecular weight is 299 g/mol. The fourth-order valence-electron chi connectivity index (χ4n) is 2.83. The molecule has 1 aliphatic carbocycles. The molecule has 116 valence electrons. The molecule has 2 nitrogen and oxygen atoms in total. The predicted octanol–water partition coefficient (Wildman–Crippen LogP) is 4.61. The van der Waals surface area contributed by atoms with Crippen LogP contribution in [0.25, 0.3) is 0 Å². The molecule has 0 heterocycles. The third kappa shape index (κ3) is 3.99. The average Bonchev–Trinajstić information content (AvgIpc) is 2.42. The van der Waals surface area contributed by atoms with Gasteiger partial charge < -0.3 is 5.32 Å². The van der Waals surface area contributed by atoms with Crippen LogP contribution < -0.4 is 5.32 Å². The fourth-order valence-corrected chi connectivity index (χ4v) is 2.83. The molecule has 2 atom stereocenters. The maximum absolute atomic E-state index is 12.8. The van der Waals surface area contributed by atoms with Crippen molar-refractivity contribution < 1.29 is 18.0 Å². The number of alkyl halides is 3. The molecule has 1 N–H and O–H groups in total. The highest BCUT2D eigenvalue weighted by Crippen LogP contribution is 2.40. The zero-order valence-corrected chi connectivity index (χ0v) is 12.3. The number of aryl methyl sites for hydroxylation is 2. The second kappa shape index (κ2) is 6.08. The van der Waals surface area contributed by atoms with Gasteiger partial charge in [-0.1, -0.05) is 18.6 Å². The van der Waals surface area contributed by atoms with Gasteiger partial charge in [0, 0.05) is 11.6 Å². The molecule has 1 aliphatic rings. The van der Waals surface area contributed by atoms with E-state index in [4.69, 9.17) is 0 Å². The number of anilines is 1. The highest BCUT2D eigenvalue weighted by molar-refractivity contribution is 5.93. The first-order valence-corrected chi connectivity index (χ1v) is 7.22. The molecule has 1 saturated carbocycles. The van der Waals surface area contributed by atoms with Crippen molar-refractivity contribution in [3.63, 3.8) is 0 Å². The highest BCUT2D eigenvalue weighted by atomic mass is 19.4. The van der Waals surface area contributed by atoms with E-state index in [0.717, 1.165) is 11.1 Å². The summed E-state index contributed by atoms with van der Waals surface area (Å²) < 4.78 is 38.4. The summed E-state index contributed by atoms with van der Waals surface area (Å²) in [5, 5.41) is 2.79. The first-order valence-electron chi connectivity index (χ1n) is 7.22. The molecule has 0 aliphatic heterocycles. The highest BCUT2D eigenvalue weighted by Gasteiger charge is 2.43. The number of hydrogen-bond donors (Lipinski definition) is 1. The first kappa shape index (κ1) is 15.9. The maximum Gasteiger partial charge on any atom is 0.391 e. The SMILES string of the molecule is Cc1ccc(C)c(NC(=O)C2CCCC(C(F)(F)F)C2)c1. The molecule has 1 aromatic carbocycles. The summed E-state index contributed by atoms with van der Waals surface area (Å²) in [4.78, 5) is 12.2. The molecule has 0 radical (unpaired) electrons. The van der Waals surface area contributed by atoms with Gasteiger partial charge in [0.2, 0.25) is 5.91 Å². The largest absolute Gasteiger partial charge is 0.391 e. The van der Waals surface area contributed by atoms with Crippen molar-refractivity contribution in [2.75, 3.05) is 5.32 Å². The van der Waals surface area contributed by atoms with E-state index in [9.17, 15) is 18.0 Å². The topological polar surface area (TPSA) is 29.1 Å². The van der Waals surface area contributed by atoms with Crippen LogP contribution in [-0.4, -0.2) is 12.1 Å². The maximum atomic E-state index is 12.8. The summed E-state index contributed by atoms with van der Waals surface area (Å²) in [6, 6.07) is 5.67. The number of amides is 1. The first-order chi connectivity index (χ1) is 9.77. The zero-order chi connectivity index (χ0) is 15.6. The Kier molecular flexibility index (Phi) is 4.59.